The molecule has 0 bridgehead atoms. The largest absolute Gasteiger partial charge is 0.322 e. The van der Waals surface area contributed by atoms with Gasteiger partial charge >= 0.3 is 0 Å². The minimum atomic E-state index is -3.56. The smallest absolute Gasteiger partial charge is 0.273 e. The molecule has 31 heavy (non-hydrogen) atoms. The Kier molecular flexibility index (Phi) is 5.61. The van der Waals surface area contributed by atoms with Gasteiger partial charge in [-0.2, -0.15) is 4.31 Å². The maximum atomic E-state index is 12.8. The molecule has 0 spiro atoms. The summed E-state index contributed by atoms with van der Waals surface area (Å²) in [5, 5.41) is 15.6. The van der Waals surface area contributed by atoms with Crippen molar-refractivity contribution in [3.63, 3.8) is 0 Å². The highest BCUT2D eigenvalue weighted by Crippen LogP contribution is 2.29. The molecular formula is C21H19N3O5S2. The third kappa shape index (κ3) is 4.22. The second-order valence-corrected chi connectivity index (χ2v) is 10.3. The summed E-state index contributed by atoms with van der Waals surface area (Å²) >= 11 is 1.18. The lowest BCUT2D eigenvalue weighted by atomic mass is 10.0. The Morgan fingerprint density at radius 3 is 2.68 bits per heavy atom. The predicted molar refractivity (Wildman–Crippen MR) is 118 cm³/mol. The molecule has 1 amide bonds. The highest BCUT2D eigenvalue weighted by atomic mass is 32.2. The molecule has 0 saturated carbocycles. The monoisotopic (exact) mass is 457 g/mol. The van der Waals surface area contributed by atoms with Gasteiger partial charge in [-0.1, -0.05) is 18.2 Å². The van der Waals surface area contributed by atoms with E-state index in [0.29, 0.717) is 28.4 Å². The SMILES string of the molecule is Cc1ccc(C(=O)Nc2ccc3c(c2)CN(S(=O)(=O)c2cccs2)CC3)cc1[N+](=O)[O-]. The van der Waals surface area contributed by atoms with Crippen molar-refractivity contribution in [3.8, 4) is 0 Å². The van der Waals surface area contributed by atoms with Crippen LogP contribution in [0.2, 0.25) is 0 Å². The first-order valence-electron chi connectivity index (χ1n) is 9.47. The molecule has 3 aromatic rings. The van der Waals surface area contributed by atoms with Crippen LogP contribution in [0.15, 0.2) is 58.1 Å². The van der Waals surface area contributed by atoms with E-state index in [1.54, 1.807) is 36.6 Å². The lowest BCUT2D eigenvalue weighted by Gasteiger charge is -2.28. The molecule has 1 aromatic heterocycles. The molecule has 8 nitrogen and oxygen atoms in total. The molecule has 160 valence electrons. The zero-order valence-electron chi connectivity index (χ0n) is 16.6. The molecule has 1 N–H and O–H groups in total. The summed E-state index contributed by atoms with van der Waals surface area (Å²) in [5.74, 6) is -0.470. The van der Waals surface area contributed by atoms with E-state index in [9.17, 15) is 23.3 Å². The van der Waals surface area contributed by atoms with Crippen LogP contribution in [0.25, 0.3) is 0 Å². The fraction of sp³-hybridized carbons (Fsp3) is 0.190. The minimum Gasteiger partial charge on any atom is -0.322 e. The van der Waals surface area contributed by atoms with Crippen molar-refractivity contribution in [2.75, 3.05) is 11.9 Å². The zero-order valence-corrected chi connectivity index (χ0v) is 18.2. The number of hydrogen-bond acceptors (Lipinski definition) is 6. The summed E-state index contributed by atoms with van der Waals surface area (Å²) in [6.07, 6.45) is 0.582. The maximum Gasteiger partial charge on any atom is 0.273 e. The van der Waals surface area contributed by atoms with Crippen LogP contribution in [-0.4, -0.2) is 30.1 Å². The summed E-state index contributed by atoms with van der Waals surface area (Å²) in [5.41, 5.74) is 2.88. The molecule has 0 radical (unpaired) electrons. The molecule has 2 heterocycles. The van der Waals surface area contributed by atoms with E-state index in [-0.39, 0.29) is 17.8 Å². The topological polar surface area (TPSA) is 110 Å². The van der Waals surface area contributed by atoms with Crippen molar-refractivity contribution >= 4 is 38.6 Å². The van der Waals surface area contributed by atoms with Crippen molar-refractivity contribution in [1.82, 2.24) is 4.31 Å². The highest BCUT2D eigenvalue weighted by Gasteiger charge is 2.29. The van der Waals surface area contributed by atoms with Crippen molar-refractivity contribution < 1.29 is 18.1 Å². The number of amides is 1. The fourth-order valence-electron chi connectivity index (χ4n) is 3.50. The second kappa shape index (κ2) is 8.22. The van der Waals surface area contributed by atoms with Gasteiger partial charge in [-0.25, -0.2) is 8.42 Å². The number of benzene rings is 2. The lowest BCUT2D eigenvalue weighted by molar-refractivity contribution is -0.385. The van der Waals surface area contributed by atoms with Crippen LogP contribution in [0.4, 0.5) is 11.4 Å². The predicted octanol–water partition coefficient (Wildman–Crippen LogP) is 3.96. The number of hydrogen-bond donors (Lipinski definition) is 1. The lowest BCUT2D eigenvalue weighted by Crippen LogP contribution is -2.35. The number of aryl methyl sites for hydroxylation is 1. The quantitative estimate of drug-likeness (QED) is 0.461. The Hall–Kier alpha value is -3.08. The summed E-state index contributed by atoms with van der Waals surface area (Å²) in [6, 6.07) is 13.0. The summed E-state index contributed by atoms with van der Waals surface area (Å²) in [4.78, 5) is 23.2. The van der Waals surface area contributed by atoms with Gasteiger partial charge in [0.15, 0.2) is 0 Å². The van der Waals surface area contributed by atoms with Gasteiger partial charge in [0.05, 0.1) is 4.92 Å². The van der Waals surface area contributed by atoms with Crippen LogP contribution in [0.5, 0.6) is 0 Å². The number of rotatable bonds is 5. The number of sulfonamides is 1. The van der Waals surface area contributed by atoms with Crippen LogP contribution < -0.4 is 5.32 Å². The van der Waals surface area contributed by atoms with Crippen molar-refractivity contribution in [1.29, 1.82) is 0 Å². The number of carbonyl (C=O) groups is 1. The van der Waals surface area contributed by atoms with Gasteiger partial charge in [0.25, 0.3) is 21.6 Å². The second-order valence-electron chi connectivity index (χ2n) is 7.22. The van der Waals surface area contributed by atoms with Crippen LogP contribution in [0.1, 0.15) is 27.0 Å². The maximum absolute atomic E-state index is 12.8. The molecule has 0 aliphatic carbocycles. The Morgan fingerprint density at radius 1 is 1.16 bits per heavy atom. The van der Waals surface area contributed by atoms with E-state index < -0.39 is 20.9 Å². The van der Waals surface area contributed by atoms with Gasteiger partial charge in [0.1, 0.15) is 4.21 Å². The van der Waals surface area contributed by atoms with Gasteiger partial charge < -0.3 is 5.32 Å². The van der Waals surface area contributed by atoms with Crippen LogP contribution in [0.3, 0.4) is 0 Å². The van der Waals surface area contributed by atoms with E-state index >= 15 is 0 Å². The first kappa shape index (κ1) is 21.2. The molecule has 0 unspecified atom stereocenters. The Morgan fingerprint density at radius 2 is 1.97 bits per heavy atom. The van der Waals surface area contributed by atoms with E-state index in [1.165, 1.54) is 33.8 Å². The van der Waals surface area contributed by atoms with Crippen molar-refractivity contribution in [2.45, 2.75) is 24.1 Å². The van der Waals surface area contributed by atoms with Crippen LogP contribution >= 0.6 is 11.3 Å². The molecule has 2 aromatic carbocycles. The average molecular weight is 458 g/mol. The fourth-order valence-corrected chi connectivity index (χ4v) is 6.07. The average Bonchev–Trinajstić information content (AvgIpc) is 3.29. The summed E-state index contributed by atoms with van der Waals surface area (Å²) < 4.78 is 27.4. The van der Waals surface area contributed by atoms with Crippen LogP contribution in [0, 0.1) is 17.0 Å². The summed E-state index contributed by atoms with van der Waals surface area (Å²) in [7, 11) is -3.56. The van der Waals surface area contributed by atoms with E-state index in [2.05, 4.69) is 5.32 Å². The Balaban J connectivity index is 1.55. The molecule has 0 atom stereocenters. The number of thiophene rings is 1. The number of carbonyl (C=O) groups excluding carboxylic acids is 1. The van der Waals surface area contributed by atoms with E-state index in [1.807, 2.05) is 6.07 Å². The van der Waals surface area contributed by atoms with Crippen LogP contribution in [-0.2, 0) is 23.0 Å². The van der Waals surface area contributed by atoms with E-state index in [4.69, 9.17) is 0 Å². The standard InChI is InChI=1S/C21H19N3O5S2/c1-14-4-5-16(12-19(14)24(26)27)21(25)22-18-7-6-15-8-9-23(13-17(15)11-18)31(28,29)20-3-2-10-30-20/h2-7,10-12H,8-9,13H2,1H3,(H,22,25). The third-order valence-electron chi connectivity index (χ3n) is 5.20. The van der Waals surface area contributed by atoms with Gasteiger partial charge in [-0.3, -0.25) is 14.9 Å². The number of nitrogens with one attached hydrogen (secondary N) is 1. The first-order chi connectivity index (χ1) is 14.8. The van der Waals surface area contributed by atoms with Crippen molar-refractivity contribution in [2.24, 2.45) is 0 Å². The molecule has 1 aliphatic rings. The third-order valence-corrected chi connectivity index (χ3v) is 8.42. The minimum absolute atomic E-state index is 0.118. The van der Waals surface area contributed by atoms with Gasteiger partial charge in [-0.05, 0) is 54.1 Å². The summed E-state index contributed by atoms with van der Waals surface area (Å²) in [6.45, 7) is 2.22. The number of nitro groups is 1. The molecular weight excluding hydrogens is 438 g/mol. The number of nitro benzene ring substituents is 1. The number of nitrogens with zero attached hydrogens (tertiary/aromatic N) is 2. The molecule has 0 fully saturated rings. The highest BCUT2D eigenvalue weighted by molar-refractivity contribution is 7.91. The number of anilines is 1. The Bertz CT molecular complexity index is 1270. The normalized spacial score (nSPS) is 14.1. The van der Waals surface area contributed by atoms with E-state index in [0.717, 1.165) is 11.1 Å². The van der Waals surface area contributed by atoms with Gasteiger partial charge in [-0.15, -0.1) is 11.3 Å². The number of fused-ring (bicyclic) bond motifs is 1. The molecule has 10 heteroatoms. The van der Waals surface area contributed by atoms with Gasteiger partial charge in [0, 0.05) is 36.0 Å². The zero-order chi connectivity index (χ0) is 22.2. The van der Waals surface area contributed by atoms with Crippen molar-refractivity contribution in [3.05, 3.63) is 86.3 Å². The first-order valence-corrected chi connectivity index (χ1v) is 11.8. The molecule has 1 aliphatic heterocycles. The molecule has 0 saturated heterocycles. The van der Waals surface area contributed by atoms with Gasteiger partial charge in [0.2, 0.25) is 0 Å². The Labute approximate surface area is 183 Å². The molecule has 4 rings (SSSR count).